The van der Waals surface area contributed by atoms with Crippen LogP contribution in [0.1, 0.15) is 23.0 Å². The van der Waals surface area contributed by atoms with Crippen molar-refractivity contribution < 1.29 is 4.79 Å². The number of aromatic amines is 1. The lowest BCUT2D eigenvalue weighted by Gasteiger charge is -2.08. The van der Waals surface area contributed by atoms with Gasteiger partial charge in [-0.1, -0.05) is 0 Å². The minimum atomic E-state index is -0.147. The van der Waals surface area contributed by atoms with Crippen molar-refractivity contribution in [2.24, 2.45) is 0 Å². The number of rotatable bonds is 4. The van der Waals surface area contributed by atoms with Crippen LogP contribution in [-0.2, 0) is 11.2 Å². The van der Waals surface area contributed by atoms with Gasteiger partial charge in [-0.2, -0.15) is 5.10 Å². The number of aromatic nitrogens is 5. The number of hydrogen-bond acceptors (Lipinski definition) is 4. The van der Waals surface area contributed by atoms with Crippen LogP contribution in [0.15, 0.2) is 30.6 Å². The normalized spacial score (nSPS) is 10.7. The van der Waals surface area contributed by atoms with Crippen molar-refractivity contribution in [1.82, 2.24) is 24.7 Å². The Bertz CT molecular complexity index is 831. The average molecular weight is 310 g/mol. The molecule has 0 aliphatic carbocycles. The second kappa shape index (κ2) is 6.04. The Morgan fingerprint density at radius 3 is 2.52 bits per heavy atom. The number of carbonyl (C=O) groups is 1. The van der Waals surface area contributed by atoms with E-state index < -0.39 is 0 Å². The average Bonchev–Trinajstić information content (AvgIpc) is 3.07. The van der Waals surface area contributed by atoms with Crippen molar-refractivity contribution in [3.63, 3.8) is 0 Å². The molecule has 0 bridgehead atoms. The predicted octanol–water partition coefficient (Wildman–Crippen LogP) is 2.10. The standard InChI is InChI=1S/C16H18N6O/c1-10-11(2)22(9-17-10)14-6-4-13(5-7-14)19-16(23)8-15-18-12(3)20-21-15/h4-7,9H,8H2,1-3H3,(H,19,23)(H,18,20,21). The number of amides is 1. The van der Waals surface area contributed by atoms with E-state index >= 15 is 0 Å². The number of H-pyrrole nitrogens is 1. The van der Waals surface area contributed by atoms with E-state index in [0.717, 1.165) is 22.8 Å². The zero-order valence-corrected chi connectivity index (χ0v) is 13.3. The van der Waals surface area contributed by atoms with Crippen LogP contribution in [0.4, 0.5) is 5.69 Å². The van der Waals surface area contributed by atoms with E-state index in [9.17, 15) is 4.79 Å². The Morgan fingerprint density at radius 1 is 1.22 bits per heavy atom. The fourth-order valence-corrected chi connectivity index (χ4v) is 2.28. The zero-order valence-electron chi connectivity index (χ0n) is 13.3. The van der Waals surface area contributed by atoms with Gasteiger partial charge in [-0.3, -0.25) is 9.89 Å². The third-order valence-corrected chi connectivity index (χ3v) is 3.64. The molecule has 7 nitrogen and oxygen atoms in total. The molecule has 0 unspecified atom stereocenters. The number of benzene rings is 1. The van der Waals surface area contributed by atoms with Crippen LogP contribution in [0, 0.1) is 20.8 Å². The fourth-order valence-electron chi connectivity index (χ4n) is 2.28. The molecule has 0 spiro atoms. The Labute approximate surface area is 133 Å². The van der Waals surface area contributed by atoms with E-state index in [1.54, 1.807) is 13.3 Å². The number of aryl methyl sites for hydroxylation is 2. The maximum atomic E-state index is 12.0. The third-order valence-electron chi connectivity index (χ3n) is 3.64. The van der Waals surface area contributed by atoms with Crippen molar-refractivity contribution in [3.05, 3.63) is 53.6 Å². The van der Waals surface area contributed by atoms with Gasteiger partial charge in [0.1, 0.15) is 5.82 Å². The molecular formula is C16H18N6O. The molecule has 0 fully saturated rings. The highest BCUT2D eigenvalue weighted by Gasteiger charge is 2.09. The molecule has 2 N–H and O–H groups in total. The first kappa shape index (κ1) is 15.0. The van der Waals surface area contributed by atoms with Crippen molar-refractivity contribution in [2.75, 3.05) is 5.32 Å². The van der Waals surface area contributed by atoms with E-state index in [-0.39, 0.29) is 12.3 Å². The summed E-state index contributed by atoms with van der Waals surface area (Å²) in [4.78, 5) is 20.4. The molecule has 2 heterocycles. The number of carbonyl (C=O) groups excluding carboxylic acids is 1. The maximum Gasteiger partial charge on any atom is 0.232 e. The molecule has 23 heavy (non-hydrogen) atoms. The van der Waals surface area contributed by atoms with Gasteiger partial charge in [0.2, 0.25) is 5.91 Å². The van der Waals surface area contributed by atoms with E-state index in [1.807, 2.05) is 42.7 Å². The summed E-state index contributed by atoms with van der Waals surface area (Å²) in [6.45, 7) is 5.80. The summed E-state index contributed by atoms with van der Waals surface area (Å²) < 4.78 is 2.01. The van der Waals surface area contributed by atoms with Gasteiger partial charge in [0.25, 0.3) is 0 Å². The third kappa shape index (κ3) is 3.28. The number of anilines is 1. The number of nitrogens with one attached hydrogen (secondary N) is 2. The molecule has 0 atom stereocenters. The highest BCUT2D eigenvalue weighted by Crippen LogP contribution is 2.16. The van der Waals surface area contributed by atoms with Gasteiger partial charge in [-0.15, -0.1) is 0 Å². The predicted molar refractivity (Wildman–Crippen MR) is 86.5 cm³/mol. The largest absolute Gasteiger partial charge is 0.326 e. The van der Waals surface area contributed by atoms with Gasteiger partial charge in [0.05, 0.1) is 18.4 Å². The van der Waals surface area contributed by atoms with Crippen molar-refractivity contribution in [2.45, 2.75) is 27.2 Å². The second-order valence-electron chi connectivity index (χ2n) is 5.39. The summed E-state index contributed by atoms with van der Waals surface area (Å²) in [5, 5.41) is 9.52. The van der Waals surface area contributed by atoms with E-state index in [2.05, 4.69) is 25.5 Å². The number of nitrogens with zero attached hydrogens (tertiary/aromatic N) is 4. The molecule has 1 aromatic carbocycles. The zero-order chi connectivity index (χ0) is 16.4. The summed E-state index contributed by atoms with van der Waals surface area (Å²) in [7, 11) is 0. The Hall–Kier alpha value is -2.96. The van der Waals surface area contributed by atoms with Gasteiger partial charge in [0.15, 0.2) is 5.82 Å². The van der Waals surface area contributed by atoms with Crippen LogP contribution in [0.2, 0.25) is 0 Å². The molecule has 118 valence electrons. The molecule has 2 aromatic heterocycles. The van der Waals surface area contributed by atoms with Gasteiger partial charge < -0.3 is 9.88 Å². The van der Waals surface area contributed by atoms with Gasteiger partial charge in [-0.25, -0.2) is 9.97 Å². The lowest BCUT2D eigenvalue weighted by atomic mass is 10.2. The smallest absolute Gasteiger partial charge is 0.232 e. The van der Waals surface area contributed by atoms with Gasteiger partial charge in [0, 0.05) is 17.1 Å². The number of hydrogen-bond donors (Lipinski definition) is 2. The van der Waals surface area contributed by atoms with E-state index in [4.69, 9.17) is 0 Å². The molecule has 0 saturated heterocycles. The van der Waals surface area contributed by atoms with Crippen LogP contribution in [0.25, 0.3) is 5.69 Å². The molecule has 3 aromatic rings. The first-order chi connectivity index (χ1) is 11.0. The van der Waals surface area contributed by atoms with Crippen LogP contribution in [0.3, 0.4) is 0 Å². The summed E-state index contributed by atoms with van der Waals surface area (Å²) in [6.07, 6.45) is 1.94. The summed E-state index contributed by atoms with van der Waals surface area (Å²) in [6, 6.07) is 7.62. The first-order valence-corrected chi connectivity index (χ1v) is 7.31. The van der Waals surface area contributed by atoms with Crippen molar-refractivity contribution in [3.8, 4) is 5.69 Å². The Balaban J connectivity index is 1.67. The fraction of sp³-hybridized carbons (Fsp3) is 0.250. The molecule has 7 heteroatoms. The topological polar surface area (TPSA) is 88.5 Å². The molecule has 0 saturated carbocycles. The Morgan fingerprint density at radius 2 is 1.96 bits per heavy atom. The molecule has 3 rings (SSSR count). The molecule has 0 aliphatic rings. The first-order valence-electron chi connectivity index (χ1n) is 7.31. The van der Waals surface area contributed by atoms with E-state index in [0.29, 0.717) is 11.6 Å². The molecule has 0 aliphatic heterocycles. The van der Waals surface area contributed by atoms with Gasteiger partial charge in [-0.05, 0) is 45.0 Å². The lowest BCUT2D eigenvalue weighted by molar-refractivity contribution is -0.115. The Kier molecular flexibility index (Phi) is 3.92. The SMILES string of the molecule is Cc1nc(CC(=O)Nc2ccc(-n3cnc(C)c3C)cc2)n[nH]1. The maximum absolute atomic E-state index is 12.0. The van der Waals surface area contributed by atoms with Gasteiger partial charge >= 0.3 is 0 Å². The summed E-state index contributed by atoms with van der Waals surface area (Å²) >= 11 is 0. The van der Waals surface area contributed by atoms with E-state index in [1.165, 1.54) is 0 Å². The van der Waals surface area contributed by atoms with Crippen LogP contribution in [0.5, 0.6) is 0 Å². The molecule has 0 radical (unpaired) electrons. The van der Waals surface area contributed by atoms with Crippen molar-refractivity contribution >= 4 is 11.6 Å². The quantitative estimate of drug-likeness (QED) is 0.772. The van der Waals surface area contributed by atoms with Crippen LogP contribution < -0.4 is 5.32 Å². The lowest BCUT2D eigenvalue weighted by Crippen LogP contribution is -2.15. The minimum Gasteiger partial charge on any atom is -0.326 e. The highest BCUT2D eigenvalue weighted by molar-refractivity contribution is 5.91. The monoisotopic (exact) mass is 310 g/mol. The minimum absolute atomic E-state index is 0.145. The van der Waals surface area contributed by atoms with Crippen LogP contribution >= 0.6 is 0 Å². The molecular weight excluding hydrogens is 292 g/mol. The summed E-state index contributed by atoms with van der Waals surface area (Å²) in [5.41, 5.74) is 3.84. The van der Waals surface area contributed by atoms with Crippen LogP contribution in [-0.4, -0.2) is 30.6 Å². The van der Waals surface area contributed by atoms with Crippen molar-refractivity contribution in [1.29, 1.82) is 0 Å². The molecule has 1 amide bonds. The highest BCUT2D eigenvalue weighted by atomic mass is 16.1. The second-order valence-corrected chi connectivity index (χ2v) is 5.39. The number of imidazole rings is 1. The summed E-state index contributed by atoms with van der Waals surface area (Å²) in [5.74, 6) is 1.04.